The Labute approximate surface area is 137 Å². The zero-order chi connectivity index (χ0) is 15.9. The highest BCUT2D eigenvalue weighted by Gasteiger charge is 2.46. The molecule has 0 aliphatic carbocycles. The van der Waals surface area contributed by atoms with Gasteiger partial charge in [0.05, 0.1) is 24.0 Å². The van der Waals surface area contributed by atoms with Gasteiger partial charge in [0.1, 0.15) is 5.76 Å². The van der Waals surface area contributed by atoms with Crippen LogP contribution in [-0.4, -0.2) is 60.1 Å². The van der Waals surface area contributed by atoms with Crippen LogP contribution in [0, 0.1) is 6.92 Å². The van der Waals surface area contributed by atoms with Gasteiger partial charge in [-0.25, -0.2) is 0 Å². The number of rotatable bonds is 2. The third-order valence-electron chi connectivity index (χ3n) is 5.82. The highest BCUT2D eigenvalue weighted by atomic mass is 16.5. The van der Waals surface area contributed by atoms with Gasteiger partial charge in [0.2, 0.25) is 0 Å². The van der Waals surface area contributed by atoms with Crippen LogP contribution in [0.25, 0.3) is 0 Å². The van der Waals surface area contributed by atoms with Crippen LogP contribution < -0.4 is 0 Å². The normalized spacial score (nSPS) is 32.0. The highest BCUT2D eigenvalue weighted by Crippen LogP contribution is 2.37. The van der Waals surface area contributed by atoms with Crippen molar-refractivity contribution >= 4 is 5.91 Å². The van der Waals surface area contributed by atoms with E-state index < -0.39 is 0 Å². The summed E-state index contributed by atoms with van der Waals surface area (Å²) in [6.45, 7) is 6.65. The van der Waals surface area contributed by atoms with E-state index in [1.165, 1.54) is 25.9 Å². The maximum absolute atomic E-state index is 12.7. The Morgan fingerprint density at radius 2 is 2.13 bits per heavy atom. The molecule has 0 unspecified atom stereocenters. The molecule has 2 atom stereocenters. The fraction of sp³-hybridized carbons (Fsp3) is 0.722. The number of carbonyl (C=O) groups excluding carboxylic acids is 1. The van der Waals surface area contributed by atoms with Gasteiger partial charge in [-0.1, -0.05) is 0 Å². The van der Waals surface area contributed by atoms with E-state index in [9.17, 15) is 4.79 Å². The molecule has 1 amide bonds. The minimum atomic E-state index is -0.126. The van der Waals surface area contributed by atoms with Crippen LogP contribution in [-0.2, 0) is 4.74 Å². The van der Waals surface area contributed by atoms with Crippen molar-refractivity contribution in [2.45, 2.75) is 50.7 Å². The van der Waals surface area contributed by atoms with E-state index in [-0.39, 0.29) is 11.5 Å². The molecule has 0 N–H and O–H groups in total. The average Bonchev–Trinajstić information content (AvgIpc) is 3.28. The van der Waals surface area contributed by atoms with E-state index in [4.69, 9.17) is 9.15 Å². The van der Waals surface area contributed by atoms with Gasteiger partial charge < -0.3 is 19.0 Å². The number of nitrogens with zero attached hydrogens (tertiary/aromatic N) is 2. The first-order valence-corrected chi connectivity index (χ1v) is 8.88. The van der Waals surface area contributed by atoms with Crippen LogP contribution in [0.2, 0.25) is 0 Å². The molecule has 4 rings (SSSR count). The molecule has 5 nitrogen and oxygen atoms in total. The van der Waals surface area contributed by atoms with Crippen molar-refractivity contribution < 1.29 is 13.9 Å². The van der Waals surface area contributed by atoms with Crippen LogP contribution in [0.3, 0.4) is 0 Å². The predicted octanol–water partition coefficient (Wildman–Crippen LogP) is 2.45. The van der Waals surface area contributed by atoms with Crippen molar-refractivity contribution in [3.8, 4) is 0 Å². The van der Waals surface area contributed by atoms with Crippen LogP contribution in [0.15, 0.2) is 16.7 Å². The second kappa shape index (κ2) is 5.95. The summed E-state index contributed by atoms with van der Waals surface area (Å²) in [7, 11) is 0. The molecular weight excluding hydrogens is 292 g/mol. The summed E-state index contributed by atoms with van der Waals surface area (Å²) in [4.78, 5) is 17.3. The lowest BCUT2D eigenvalue weighted by atomic mass is 9.89. The van der Waals surface area contributed by atoms with Gasteiger partial charge in [-0.05, 0) is 58.2 Å². The SMILES string of the molecule is Cc1occc1C(=O)N1CC[C@]2(C[C@H](N3CCCC3)CCO2)C1. The van der Waals surface area contributed by atoms with Crippen molar-refractivity contribution in [1.82, 2.24) is 9.80 Å². The summed E-state index contributed by atoms with van der Waals surface area (Å²) in [6.07, 6.45) is 7.41. The molecule has 1 aromatic heterocycles. The van der Waals surface area contributed by atoms with Crippen LogP contribution in [0.4, 0.5) is 0 Å². The zero-order valence-corrected chi connectivity index (χ0v) is 13.9. The summed E-state index contributed by atoms with van der Waals surface area (Å²) in [5.41, 5.74) is 0.563. The van der Waals surface area contributed by atoms with Crippen molar-refractivity contribution in [3.05, 3.63) is 23.7 Å². The van der Waals surface area contributed by atoms with E-state index in [0.717, 1.165) is 39.0 Å². The molecule has 0 saturated carbocycles. The second-order valence-electron chi connectivity index (χ2n) is 7.29. The monoisotopic (exact) mass is 318 g/mol. The third kappa shape index (κ3) is 2.81. The van der Waals surface area contributed by atoms with E-state index in [1.54, 1.807) is 12.3 Å². The van der Waals surface area contributed by atoms with E-state index in [2.05, 4.69) is 4.90 Å². The molecule has 0 bridgehead atoms. The second-order valence-corrected chi connectivity index (χ2v) is 7.29. The first-order chi connectivity index (χ1) is 11.2. The first kappa shape index (κ1) is 15.2. The molecule has 126 valence electrons. The topological polar surface area (TPSA) is 45.9 Å². The molecular formula is C18H26N2O3. The van der Waals surface area contributed by atoms with Gasteiger partial charge in [0.15, 0.2) is 0 Å². The van der Waals surface area contributed by atoms with Gasteiger partial charge in [-0.3, -0.25) is 4.79 Å². The quantitative estimate of drug-likeness (QED) is 0.840. The Morgan fingerprint density at radius 1 is 1.30 bits per heavy atom. The van der Waals surface area contributed by atoms with E-state index in [0.29, 0.717) is 17.4 Å². The lowest BCUT2D eigenvalue weighted by Crippen LogP contribution is -2.49. The number of amides is 1. The summed E-state index contributed by atoms with van der Waals surface area (Å²) in [5.74, 6) is 0.787. The van der Waals surface area contributed by atoms with Gasteiger partial charge in [0.25, 0.3) is 5.91 Å². The van der Waals surface area contributed by atoms with E-state index in [1.807, 2.05) is 11.8 Å². The molecule has 23 heavy (non-hydrogen) atoms. The third-order valence-corrected chi connectivity index (χ3v) is 5.82. The molecule has 4 heterocycles. The van der Waals surface area contributed by atoms with Gasteiger partial charge in [-0.15, -0.1) is 0 Å². The summed E-state index contributed by atoms with van der Waals surface area (Å²) >= 11 is 0. The predicted molar refractivity (Wildman–Crippen MR) is 86.5 cm³/mol. The summed E-state index contributed by atoms with van der Waals surface area (Å²) in [5, 5.41) is 0. The smallest absolute Gasteiger partial charge is 0.257 e. The Kier molecular flexibility index (Phi) is 3.93. The van der Waals surface area contributed by atoms with Crippen LogP contribution >= 0.6 is 0 Å². The average molecular weight is 318 g/mol. The first-order valence-electron chi connectivity index (χ1n) is 8.88. The largest absolute Gasteiger partial charge is 0.469 e. The Hall–Kier alpha value is -1.33. The van der Waals surface area contributed by atoms with E-state index >= 15 is 0 Å². The Bertz CT molecular complexity index is 579. The number of carbonyl (C=O) groups is 1. The fourth-order valence-electron chi connectivity index (χ4n) is 4.50. The number of hydrogen-bond acceptors (Lipinski definition) is 4. The molecule has 1 spiro atoms. The number of furan rings is 1. The lowest BCUT2D eigenvalue weighted by Gasteiger charge is -2.41. The maximum atomic E-state index is 12.7. The van der Waals surface area contributed by atoms with Crippen molar-refractivity contribution in [2.24, 2.45) is 0 Å². The van der Waals surface area contributed by atoms with Crippen molar-refractivity contribution in [1.29, 1.82) is 0 Å². The number of likely N-dealkylation sites (tertiary alicyclic amines) is 2. The molecule has 3 saturated heterocycles. The minimum absolute atomic E-state index is 0.0834. The van der Waals surface area contributed by atoms with Crippen LogP contribution in [0.5, 0.6) is 0 Å². The fourth-order valence-corrected chi connectivity index (χ4v) is 4.50. The standard InChI is InChI=1S/C18H26N2O3/c1-14-16(5-10-22-14)17(21)20-9-6-18(13-20)12-15(4-11-23-18)19-7-2-3-8-19/h5,10,15H,2-4,6-9,11-13H2,1H3/t15-,18+/m1/s1. The molecule has 3 fully saturated rings. The molecule has 0 radical (unpaired) electrons. The Morgan fingerprint density at radius 3 is 2.87 bits per heavy atom. The minimum Gasteiger partial charge on any atom is -0.469 e. The molecule has 3 aliphatic rings. The number of hydrogen-bond donors (Lipinski definition) is 0. The van der Waals surface area contributed by atoms with Gasteiger partial charge in [-0.2, -0.15) is 0 Å². The summed E-state index contributed by atoms with van der Waals surface area (Å²) < 4.78 is 11.5. The van der Waals surface area contributed by atoms with Crippen LogP contribution in [0.1, 0.15) is 48.2 Å². The van der Waals surface area contributed by atoms with Gasteiger partial charge >= 0.3 is 0 Å². The molecule has 1 aromatic rings. The molecule has 5 heteroatoms. The van der Waals surface area contributed by atoms with Crippen molar-refractivity contribution in [3.63, 3.8) is 0 Å². The molecule has 0 aromatic carbocycles. The highest BCUT2D eigenvalue weighted by molar-refractivity contribution is 5.95. The number of aryl methyl sites for hydroxylation is 1. The summed E-state index contributed by atoms with van der Waals surface area (Å²) in [6, 6.07) is 2.41. The molecule has 3 aliphatic heterocycles. The Balaban J connectivity index is 1.44. The maximum Gasteiger partial charge on any atom is 0.257 e. The lowest BCUT2D eigenvalue weighted by molar-refractivity contribution is -0.0946. The van der Waals surface area contributed by atoms with Gasteiger partial charge in [0, 0.05) is 19.2 Å². The van der Waals surface area contributed by atoms with Crippen molar-refractivity contribution in [2.75, 3.05) is 32.8 Å². The zero-order valence-electron chi connectivity index (χ0n) is 13.9. The number of ether oxygens (including phenoxy) is 1.